The van der Waals surface area contributed by atoms with Gasteiger partial charge in [0.2, 0.25) is 0 Å². The first kappa shape index (κ1) is 17.3. The van der Waals surface area contributed by atoms with Gasteiger partial charge < -0.3 is 14.6 Å². The van der Waals surface area contributed by atoms with Crippen molar-refractivity contribution in [1.29, 1.82) is 0 Å². The van der Waals surface area contributed by atoms with Crippen molar-refractivity contribution in [3.63, 3.8) is 0 Å². The summed E-state index contributed by atoms with van der Waals surface area (Å²) in [5, 5.41) is 22.3. The van der Waals surface area contributed by atoms with Crippen molar-refractivity contribution in [2.45, 2.75) is 89.3 Å². The number of aliphatic hydroxyl groups is 2. The molecule has 0 spiro atoms. The zero-order valence-corrected chi connectivity index (χ0v) is 16.3. The van der Waals surface area contributed by atoms with E-state index < -0.39 is 5.60 Å². The molecule has 0 aromatic carbocycles. The number of aliphatic hydroxyl groups excluding tert-OH is 1. The van der Waals surface area contributed by atoms with E-state index in [2.05, 4.69) is 19.9 Å². The van der Waals surface area contributed by atoms with Gasteiger partial charge in [-0.1, -0.05) is 13.8 Å². The number of furan rings is 1. The number of rotatable bonds is 1. The van der Waals surface area contributed by atoms with Gasteiger partial charge in [-0.15, -0.1) is 0 Å². The average Bonchev–Trinajstić information content (AvgIpc) is 3.21. The van der Waals surface area contributed by atoms with Crippen molar-refractivity contribution >= 4 is 0 Å². The zero-order chi connectivity index (χ0) is 18.2. The van der Waals surface area contributed by atoms with Gasteiger partial charge in [0.25, 0.3) is 0 Å². The summed E-state index contributed by atoms with van der Waals surface area (Å²) in [6, 6.07) is 2.11. The predicted octanol–water partition coefficient (Wildman–Crippen LogP) is 4.88. The molecule has 4 fully saturated rings. The lowest BCUT2D eigenvalue weighted by Crippen LogP contribution is -2.62. The molecule has 0 radical (unpaired) electrons. The van der Waals surface area contributed by atoms with Crippen LogP contribution in [0.2, 0.25) is 0 Å². The molecule has 3 nitrogen and oxygen atoms in total. The Kier molecular flexibility index (Phi) is 3.73. The van der Waals surface area contributed by atoms with Gasteiger partial charge in [0.1, 0.15) is 0 Å². The third-order valence-electron chi connectivity index (χ3n) is 9.77. The standard InChI is InChI=1S/C23H34O3/c1-21-9-5-17(24)13-16(21)3-4-20-19(21)6-10-22(2)18(7-11-23(20,22)25)15-8-12-26-14-15/h8,12,14,16-20,24-25H,3-7,9-11,13H2,1-2H3/t16-,17?,18-,19?,20?,21+,22-,23+/m1/s1. The van der Waals surface area contributed by atoms with Gasteiger partial charge in [-0.25, -0.2) is 0 Å². The molecular formula is C23H34O3. The molecule has 2 N–H and O–H groups in total. The van der Waals surface area contributed by atoms with Crippen LogP contribution in [0, 0.1) is 28.6 Å². The Morgan fingerprint density at radius 3 is 2.62 bits per heavy atom. The quantitative estimate of drug-likeness (QED) is 0.752. The summed E-state index contributed by atoms with van der Waals surface area (Å²) in [4.78, 5) is 0. The lowest BCUT2D eigenvalue weighted by atomic mass is 9.43. The van der Waals surface area contributed by atoms with E-state index in [4.69, 9.17) is 4.42 Å². The van der Waals surface area contributed by atoms with Crippen LogP contribution in [-0.2, 0) is 0 Å². The number of fused-ring (bicyclic) bond motifs is 5. The highest BCUT2D eigenvalue weighted by atomic mass is 16.3. The van der Waals surface area contributed by atoms with E-state index in [1.54, 1.807) is 6.26 Å². The Hall–Kier alpha value is -0.800. The average molecular weight is 359 g/mol. The molecule has 0 aliphatic heterocycles. The maximum Gasteiger partial charge on any atom is 0.0937 e. The van der Waals surface area contributed by atoms with Crippen molar-refractivity contribution in [2.24, 2.45) is 28.6 Å². The fourth-order valence-electron chi connectivity index (χ4n) is 8.21. The lowest BCUT2D eigenvalue weighted by Gasteiger charge is -2.63. The normalized spacial score (nSPS) is 53.6. The Morgan fingerprint density at radius 1 is 1.00 bits per heavy atom. The van der Waals surface area contributed by atoms with E-state index in [0.29, 0.717) is 29.1 Å². The fourth-order valence-corrected chi connectivity index (χ4v) is 8.21. The van der Waals surface area contributed by atoms with E-state index >= 15 is 0 Å². The molecule has 144 valence electrons. The van der Waals surface area contributed by atoms with Gasteiger partial charge in [0.15, 0.2) is 0 Å². The summed E-state index contributed by atoms with van der Waals surface area (Å²) in [5.41, 5.74) is 1.02. The van der Waals surface area contributed by atoms with Crippen LogP contribution < -0.4 is 0 Å². The maximum atomic E-state index is 12.1. The van der Waals surface area contributed by atoms with Gasteiger partial charge in [0, 0.05) is 5.41 Å². The molecule has 1 aromatic heterocycles. The molecule has 3 heteroatoms. The molecular weight excluding hydrogens is 324 g/mol. The van der Waals surface area contributed by atoms with Crippen LogP contribution in [0.4, 0.5) is 0 Å². The minimum Gasteiger partial charge on any atom is -0.472 e. The highest BCUT2D eigenvalue weighted by Gasteiger charge is 2.67. The summed E-state index contributed by atoms with van der Waals surface area (Å²) in [6.07, 6.45) is 13.3. The van der Waals surface area contributed by atoms with Gasteiger partial charge in [-0.05, 0) is 98.5 Å². The Bertz CT molecular complexity index is 669. The molecule has 0 saturated heterocycles. The second kappa shape index (κ2) is 5.61. The third kappa shape index (κ3) is 2.08. The van der Waals surface area contributed by atoms with E-state index in [0.717, 1.165) is 44.9 Å². The van der Waals surface area contributed by atoms with Crippen LogP contribution in [-0.4, -0.2) is 21.9 Å². The SMILES string of the molecule is C[C@]12CCC(O)C[C@H]1CCC1C2CC[C@]2(C)[C@@H](c3ccoc3)CC[C@]12O. The second-order valence-electron chi connectivity index (χ2n) is 10.4. The van der Waals surface area contributed by atoms with Gasteiger partial charge >= 0.3 is 0 Å². The first-order chi connectivity index (χ1) is 12.4. The highest BCUT2D eigenvalue weighted by Crippen LogP contribution is 2.70. The van der Waals surface area contributed by atoms with Gasteiger partial charge in [-0.2, -0.15) is 0 Å². The molecule has 0 bridgehead atoms. The molecule has 1 aromatic rings. The highest BCUT2D eigenvalue weighted by molar-refractivity contribution is 5.26. The van der Waals surface area contributed by atoms with E-state index in [1.807, 2.05) is 6.26 Å². The molecule has 26 heavy (non-hydrogen) atoms. The van der Waals surface area contributed by atoms with Crippen molar-refractivity contribution in [2.75, 3.05) is 0 Å². The van der Waals surface area contributed by atoms with Crippen LogP contribution in [0.15, 0.2) is 23.0 Å². The first-order valence-corrected chi connectivity index (χ1v) is 10.8. The number of hydrogen-bond acceptors (Lipinski definition) is 3. The van der Waals surface area contributed by atoms with Gasteiger partial charge in [0.05, 0.1) is 24.2 Å². The molecule has 5 rings (SSSR count). The minimum atomic E-state index is -0.540. The predicted molar refractivity (Wildman–Crippen MR) is 101 cm³/mol. The van der Waals surface area contributed by atoms with Crippen molar-refractivity contribution in [3.05, 3.63) is 24.2 Å². The van der Waals surface area contributed by atoms with E-state index in [1.165, 1.54) is 18.4 Å². The molecule has 4 aliphatic carbocycles. The van der Waals surface area contributed by atoms with Crippen LogP contribution in [0.5, 0.6) is 0 Å². The molecule has 0 amide bonds. The largest absolute Gasteiger partial charge is 0.472 e. The lowest BCUT2D eigenvalue weighted by molar-refractivity contribution is -0.205. The molecule has 1 heterocycles. The van der Waals surface area contributed by atoms with Crippen molar-refractivity contribution in [1.82, 2.24) is 0 Å². The summed E-state index contributed by atoms with van der Waals surface area (Å²) in [5.74, 6) is 2.11. The smallest absolute Gasteiger partial charge is 0.0937 e. The van der Waals surface area contributed by atoms with Crippen LogP contribution in [0.25, 0.3) is 0 Å². The second-order valence-corrected chi connectivity index (χ2v) is 10.4. The Labute approximate surface area is 157 Å². The molecule has 8 atom stereocenters. The summed E-state index contributed by atoms with van der Waals surface area (Å²) < 4.78 is 5.38. The zero-order valence-electron chi connectivity index (χ0n) is 16.3. The topological polar surface area (TPSA) is 53.6 Å². The fraction of sp³-hybridized carbons (Fsp3) is 0.826. The summed E-state index contributed by atoms with van der Waals surface area (Å²) >= 11 is 0. The monoisotopic (exact) mass is 358 g/mol. The minimum absolute atomic E-state index is 0.0323. The van der Waals surface area contributed by atoms with Crippen molar-refractivity contribution < 1.29 is 14.6 Å². The third-order valence-corrected chi connectivity index (χ3v) is 9.77. The van der Waals surface area contributed by atoms with Crippen LogP contribution in [0.3, 0.4) is 0 Å². The van der Waals surface area contributed by atoms with Crippen molar-refractivity contribution in [3.8, 4) is 0 Å². The molecule has 3 unspecified atom stereocenters. The van der Waals surface area contributed by atoms with E-state index in [-0.39, 0.29) is 11.5 Å². The van der Waals surface area contributed by atoms with Crippen LogP contribution >= 0.6 is 0 Å². The first-order valence-electron chi connectivity index (χ1n) is 10.8. The number of hydrogen-bond donors (Lipinski definition) is 2. The Balaban J connectivity index is 1.49. The molecule has 4 saturated carbocycles. The maximum absolute atomic E-state index is 12.1. The molecule has 4 aliphatic rings. The summed E-state index contributed by atoms with van der Waals surface area (Å²) in [6.45, 7) is 4.84. The summed E-state index contributed by atoms with van der Waals surface area (Å²) in [7, 11) is 0. The van der Waals surface area contributed by atoms with Crippen LogP contribution in [0.1, 0.15) is 83.1 Å². The van der Waals surface area contributed by atoms with E-state index in [9.17, 15) is 10.2 Å². The van der Waals surface area contributed by atoms with Gasteiger partial charge in [-0.3, -0.25) is 0 Å². The Morgan fingerprint density at radius 2 is 1.85 bits per heavy atom.